The quantitative estimate of drug-likeness (QED) is 0.756. The largest absolute Gasteiger partial charge is 0.495 e. The molecule has 2 atom stereocenters. The Morgan fingerprint density at radius 1 is 1.21 bits per heavy atom. The number of hydrogen-bond acceptors (Lipinski definition) is 4. The van der Waals surface area contributed by atoms with Gasteiger partial charge in [-0.1, -0.05) is 18.6 Å². The van der Waals surface area contributed by atoms with Crippen LogP contribution >= 0.6 is 12.4 Å². The summed E-state index contributed by atoms with van der Waals surface area (Å²) in [5, 5.41) is 2.85. The molecule has 1 aromatic carbocycles. The predicted octanol–water partition coefficient (Wildman–Crippen LogP) is 3.06. The highest BCUT2D eigenvalue weighted by atomic mass is 35.5. The van der Waals surface area contributed by atoms with Crippen molar-refractivity contribution in [2.24, 2.45) is 23.5 Å². The number of nitrogens with two attached hydrogens (primary N) is 1. The van der Waals surface area contributed by atoms with Crippen molar-refractivity contribution in [2.45, 2.75) is 45.1 Å². The van der Waals surface area contributed by atoms with E-state index >= 15 is 0 Å². The number of para-hydroxylation sites is 2. The number of carbonyl (C=O) groups is 2. The van der Waals surface area contributed by atoms with Gasteiger partial charge in [0.05, 0.1) is 19.3 Å². The van der Waals surface area contributed by atoms with Gasteiger partial charge < -0.3 is 20.7 Å². The molecule has 28 heavy (non-hydrogen) atoms. The first-order valence-corrected chi connectivity index (χ1v) is 10.0. The first-order valence-electron chi connectivity index (χ1n) is 10.0. The second kappa shape index (κ2) is 10.1. The van der Waals surface area contributed by atoms with Crippen LogP contribution in [0.2, 0.25) is 0 Å². The van der Waals surface area contributed by atoms with Gasteiger partial charge in [0.1, 0.15) is 5.75 Å². The van der Waals surface area contributed by atoms with E-state index in [0.717, 1.165) is 25.7 Å². The summed E-state index contributed by atoms with van der Waals surface area (Å²) >= 11 is 0. The fraction of sp³-hybridized carbons (Fsp3) is 0.619. The first kappa shape index (κ1) is 22.5. The Labute approximate surface area is 173 Å². The van der Waals surface area contributed by atoms with Crippen LogP contribution in [-0.2, 0) is 9.59 Å². The van der Waals surface area contributed by atoms with Gasteiger partial charge in [-0.15, -0.1) is 12.4 Å². The zero-order chi connectivity index (χ0) is 19.4. The number of nitrogens with one attached hydrogen (secondary N) is 1. The number of fused-ring (bicyclic) bond motifs is 2. The van der Waals surface area contributed by atoms with Gasteiger partial charge in [-0.2, -0.15) is 0 Å². The van der Waals surface area contributed by atoms with Crippen molar-refractivity contribution < 1.29 is 14.3 Å². The Hall–Kier alpha value is -1.79. The molecule has 2 fully saturated rings. The predicted molar refractivity (Wildman–Crippen MR) is 113 cm³/mol. The lowest BCUT2D eigenvalue weighted by atomic mass is 9.65. The van der Waals surface area contributed by atoms with Gasteiger partial charge in [0.15, 0.2) is 0 Å². The van der Waals surface area contributed by atoms with E-state index < -0.39 is 0 Å². The van der Waals surface area contributed by atoms with Crippen LogP contribution in [0.15, 0.2) is 24.3 Å². The lowest BCUT2D eigenvalue weighted by Gasteiger charge is -2.44. The molecule has 2 aliphatic carbocycles. The topological polar surface area (TPSA) is 84.7 Å². The average molecular weight is 410 g/mol. The van der Waals surface area contributed by atoms with Crippen LogP contribution < -0.4 is 15.8 Å². The van der Waals surface area contributed by atoms with Gasteiger partial charge in [0.2, 0.25) is 11.8 Å². The second-order valence-electron chi connectivity index (χ2n) is 7.80. The number of ether oxygens (including phenoxy) is 1. The third-order valence-corrected chi connectivity index (χ3v) is 6.17. The molecule has 3 rings (SSSR count). The van der Waals surface area contributed by atoms with Gasteiger partial charge >= 0.3 is 0 Å². The molecule has 0 aromatic heterocycles. The Bertz CT molecular complexity index is 671. The van der Waals surface area contributed by atoms with E-state index in [-0.39, 0.29) is 42.7 Å². The summed E-state index contributed by atoms with van der Waals surface area (Å²) < 4.78 is 5.27. The number of likely N-dealkylation sites (N-methyl/N-ethyl adjacent to an activating group) is 1. The molecular formula is C21H32ClN3O3. The molecule has 2 unspecified atom stereocenters. The minimum Gasteiger partial charge on any atom is -0.495 e. The molecule has 2 aliphatic rings. The van der Waals surface area contributed by atoms with E-state index in [1.165, 1.54) is 6.42 Å². The molecule has 7 heteroatoms. The summed E-state index contributed by atoms with van der Waals surface area (Å²) in [5.41, 5.74) is 6.97. The maximum atomic E-state index is 13.1. The van der Waals surface area contributed by atoms with E-state index in [1.807, 2.05) is 19.1 Å². The number of rotatable bonds is 6. The fourth-order valence-corrected chi connectivity index (χ4v) is 4.71. The van der Waals surface area contributed by atoms with Crippen LogP contribution in [0, 0.1) is 17.8 Å². The number of amides is 2. The average Bonchev–Trinajstić information content (AvgIpc) is 2.65. The Morgan fingerprint density at radius 2 is 1.86 bits per heavy atom. The number of hydrogen-bond donors (Lipinski definition) is 2. The molecule has 0 heterocycles. The zero-order valence-electron chi connectivity index (χ0n) is 16.7. The summed E-state index contributed by atoms with van der Waals surface area (Å²) in [5.74, 6) is 1.40. The van der Waals surface area contributed by atoms with Crippen molar-refractivity contribution in [3.05, 3.63) is 24.3 Å². The first-order chi connectivity index (χ1) is 13.0. The normalized spacial score (nSPS) is 26.0. The Balaban J connectivity index is 0.00000280. The summed E-state index contributed by atoms with van der Waals surface area (Å²) in [7, 11) is 1.57. The van der Waals surface area contributed by atoms with E-state index in [2.05, 4.69) is 5.32 Å². The Morgan fingerprint density at radius 3 is 2.46 bits per heavy atom. The molecule has 2 saturated carbocycles. The third-order valence-electron chi connectivity index (χ3n) is 6.17. The number of halogens is 1. The highest BCUT2D eigenvalue weighted by Crippen LogP contribution is 2.42. The van der Waals surface area contributed by atoms with Gasteiger partial charge in [0, 0.05) is 18.5 Å². The van der Waals surface area contributed by atoms with Crippen LogP contribution in [0.3, 0.4) is 0 Å². The van der Waals surface area contributed by atoms with Gasteiger partial charge in [-0.05, 0) is 56.6 Å². The van der Waals surface area contributed by atoms with Crippen LogP contribution in [0.4, 0.5) is 5.69 Å². The molecule has 156 valence electrons. The van der Waals surface area contributed by atoms with Crippen LogP contribution in [0.1, 0.15) is 39.0 Å². The second-order valence-corrected chi connectivity index (χ2v) is 7.80. The fourth-order valence-electron chi connectivity index (χ4n) is 4.71. The standard InChI is InChI=1S/C21H31N3O3.ClH/c1-3-24(13-19(25)23-17-9-4-5-10-18(17)27-2)21(26)16-11-14-7-6-8-15(12-16)20(14)22;/h4-5,9-10,14-16,20H,3,6-8,11-13,22H2,1-2H3,(H,23,25);1H. The molecule has 2 amide bonds. The number of methoxy groups -OCH3 is 1. The molecule has 0 spiro atoms. The van der Waals surface area contributed by atoms with E-state index in [9.17, 15) is 9.59 Å². The molecule has 6 nitrogen and oxygen atoms in total. The zero-order valence-corrected chi connectivity index (χ0v) is 17.5. The van der Waals surface area contributed by atoms with E-state index in [4.69, 9.17) is 10.5 Å². The number of anilines is 1. The molecule has 2 bridgehead atoms. The third kappa shape index (κ3) is 4.97. The summed E-state index contributed by atoms with van der Waals surface area (Å²) in [6, 6.07) is 7.51. The molecule has 1 aromatic rings. The lowest BCUT2D eigenvalue weighted by molar-refractivity contribution is -0.140. The highest BCUT2D eigenvalue weighted by molar-refractivity contribution is 5.96. The van der Waals surface area contributed by atoms with Crippen molar-refractivity contribution in [3.63, 3.8) is 0 Å². The maximum Gasteiger partial charge on any atom is 0.244 e. The van der Waals surface area contributed by atoms with Crippen LogP contribution in [0.25, 0.3) is 0 Å². The van der Waals surface area contributed by atoms with Gasteiger partial charge in [0.25, 0.3) is 0 Å². The number of nitrogens with zero attached hydrogens (tertiary/aromatic N) is 1. The molecule has 0 aliphatic heterocycles. The molecule has 3 N–H and O–H groups in total. The summed E-state index contributed by atoms with van der Waals surface area (Å²) in [4.78, 5) is 27.2. The minimum atomic E-state index is -0.206. The van der Waals surface area contributed by atoms with E-state index in [1.54, 1.807) is 24.1 Å². The molecule has 0 saturated heterocycles. The number of carbonyl (C=O) groups excluding carboxylic acids is 2. The van der Waals surface area contributed by atoms with Crippen molar-refractivity contribution in [1.82, 2.24) is 4.90 Å². The molecule has 0 radical (unpaired) electrons. The smallest absolute Gasteiger partial charge is 0.244 e. The Kier molecular flexibility index (Phi) is 8.13. The van der Waals surface area contributed by atoms with Gasteiger partial charge in [-0.25, -0.2) is 0 Å². The monoisotopic (exact) mass is 409 g/mol. The molecular weight excluding hydrogens is 378 g/mol. The van der Waals surface area contributed by atoms with Gasteiger partial charge in [-0.3, -0.25) is 9.59 Å². The SMILES string of the molecule is CCN(CC(=O)Nc1ccccc1OC)C(=O)C1CC2CCCC(C1)C2N.Cl. The van der Waals surface area contributed by atoms with Crippen molar-refractivity contribution in [1.29, 1.82) is 0 Å². The summed E-state index contributed by atoms with van der Waals surface area (Å²) in [6.07, 6.45) is 5.20. The van der Waals surface area contributed by atoms with E-state index in [0.29, 0.717) is 29.8 Å². The van der Waals surface area contributed by atoms with Crippen LogP contribution in [-0.4, -0.2) is 43.0 Å². The maximum absolute atomic E-state index is 13.1. The van der Waals surface area contributed by atoms with Crippen molar-refractivity contribution >= 4 is 29.9 Å². The van der Waals surface area contributed by atoms with Crippen LogP contribution in [0.5, 0.6) is 5.75 Å². The van der Waals surface area contributed by atoms with Crippen molar-refractivity contribution in [2.75, 3.05) is 25.5 Å². The summed E-state index contributed by atoms with van der Waals surface area (Å²) in [6.45, 7) is 2.50. The minimum absolute atomic E-state index is 0. The lowest BCUT2D eigenvalue weighted by Crippen LogP contribution is -2.50. The van der Waals surface area contributed by atoms with Crippen molar-refractivity contribution in [3.8, 4) is 5.75 Å². The number of benzene rings is 1. The highest BCUT2D eigenvalue weighted by Gasteiger charge is 2.41.